The van der Waals surface area contributed by atoms with Crippen molar-refractivity contribution in [3.05, 3.63) is 71.8 Å². The maximum absolute atomic E-state index is 11.9. The number of nitrogens with zero attached hydrogens (tertiary/aromatic N) is 1. The molecule has 0 spiro atoms. The molecule has 0 radical (unpaired) electrons. The minimum Gasteiger partial charge on any atom is -0.443 e. The van der Waals surface area contributed by atoms with E-state index in [2.05, 4.69) is 18.2 Å². The van der Waals surface area contributed by atoms with Crippen LogP contribution in [0.25, 0.3) is 0 Å². The van der Waals surface area contributed by atoms with Gasteiger partial charge >= 0.3 is 5.97 Å². The van der Waals surface area contributed by atoms with Gasteiger partial charge in [0, 0.05) is 0 Å². The van der Waals surface area contributed by atoms with Crippen LogP contribution >= 0.6 is 0 Å². The SMILES string of the molecule is N#CC(CCCCc1ccccc1)OC(=O)c1ccccc1. The number of hydrogen-bond acceptors (Lipinski definition) is 3. The standard InChI is InChI=1S/C19H19NO2/c20-15-18(22-19(21)17-12-5-2-6-13-17)14-8-7-11-16-9-3-1-4-10-16/h1-6,9-10,12-13,18H,7-8,11,14H2. The van der Waals surface area contributed by atoms with Crippen molar-refractivity contribution in [2.75, 3.05) is 0 Å². The van der Waals surface area contributed by atoms with Gasteiger partial charge in [-0.2, -0.15) is 5.26 Å². The van der Waals surface area contributed by atoms with E-state index in [1.165, 1.54) is 5.56 Å². The zero-order valence-corrected chi connectivity index (χ0v) is 12.4. The average molecular weight is 293 g/mol. The number of rotatable bonds is 7. The molecule has 3 nitrogen and oxygen atoms in total. The van der Waals surface area contributed by atoms with Crippen LogP contribution in [0.1, 0.15) is 35.2 Å². The quantitative estimate of drug-likeness (QED) is 0.569. The highest BCUT2D eigenvalue weighted by molar-refractivity contribution is 5.89. The van der Waals surface area contributed by atoms with Crippen molar-refractivity contribution in [3.63, 3.8) is 0 Å². The van der Waals surface area contributed by atoms with Crippen LogP contribution in [0.4, 0.5) is 0 Å². The van der Waals surface area contributed by atoms with Crippen LogP contribution in [-0.2, 0) is 11.2 Å². The van der Waals surface area contributed by atoms with E-state index >= 15 is 0 Å². The van der Waals surface area contributed by atoms with E-state index < -0.39 is 12.1 Å². The van der Waals surface area contributed by atoms with E-state index in [4.69, 9.17) is 10.00 Å². The molecule has 0 saturated carbocycles. The van der Waals surface area contributed by atoms with Gasteiger partial charge in [0.25, 0.3) is 0 Å². The second-order valence-corrected chi connectivity index (χ2v) is 5.12. The van der Waals surface area contributed by atoms with Gasteiger partial charge in [-0.25, -0.2) is 4.79 Å². The van der Waals surface area contributed by atoms with Gasteiger partial charge in [0.05, 0.1) is 5.56 Å². The fraction of sp³-hybridized carbons (Fsp3) is 0.263. The highest BCUT2D eigenvalue weighted by atomic mass is 16.5. The summed E-state index contributed by atoms with van der Waals surface area (Å²) in [6.07, 6.45) is 2.71. The Morgan fingerprint density at radius 3 is 2.27 bits per heavy atom. The molecule has 112 valence electrons. The molecule has 2 aromatic carbocycles. The van der Waals surface area contributed by atoms with Crippen LogP contribution in [0.2, 0.25) is 0 Å². The van der Waals surface area contributed by atoms with E-state index in [1.54, 1.807) is 24.3 Å². The number of benzene rings is 2. The van der Waals surface area contributed by atoms with Crippen molar-refractivity contribution in [2.45, 2.75) is 31.8 Å². The number of esters is 1. The summed E-state index contributed by atoms with van der Waals surface area (Å²) < 4.78 is 5.24. The minimum atomic E-state index is -0.677. The third-order valence-corrected chi connectivity index (χ3v) is 3.43. The van der Waals surface area contributed by atoms with Gasteiger partial charge in [-0.1, -0.05) is 48.5 Å². The second-order valence-electron chi connectivity index (χ2n) is 5.12. The molecule has 22 heavy (non-hydrogen) atoms. The molecule has 0 aliphatic carbocycles. The van der Waals surface area contributed by atoms with Crippen molar-refractivity contribution in [1.29, 1.82) is 5.26 Å². The number of carbonyl (C=O) groups excluding carboxylic acids is 1. The molecule has 0 fully saturated rings. The number of unbranched alkanes of at least 4 members (excludes halogenated alkanes) is 1. The summed E-state index contributed by atoms with van der Waals surface area (Å²) in [7, 11) is 0. The third-order valence-electron chi connectivity index (χ3n) is 3.43. The van der Waals surface area contributed by atoms with E-state index in [1.807, 2.05) is 24.3 Å². The molecule has 0 heterocycles. The van der Waals surface area contributed by atoms with Crippen LogP contribution in [0, 0.1) is 11.3 Å². The zero-order chi connectivity index (χ0) is 15.6. The molecular weight excluding hydrogens is 274 g/mol. The number of ether oxygens (including phenoxy) is 1. The van der Waals surface area contributed by atoms with Gasteiger partial charge in [0.2, 0.25) is 0 Å². The highest BCUT2D eigenvalue weighted by Crippen LogP contribution is 2.11. The smallest absolute Gasteiger partial charge is 0.339 e. The molecule has 0 aliphatic rings. The maximum atomic E-state index is 11.9. The summed E-state index contributed by atoms with van der Waals surface area (Å²) in [5, 5.41) is 9.11. The first-order valence-corrected chi connectivity index (χ1v) is 7.49. The number of nitriles is 1. The van der Waals surface area contributed by atoms with Crippen molar-refractivity contribution in [2.24, 2.45) is 0 Å². The Labute approximate surface area is 131 Å². The Balaban J connectivity index is 1.73. The Kier molecular flexibility index (Phi) is 6.19. The minimum absolute atomic E-state index is 0.435. The van der Waals surface area contributed by atoms with Gasteiger partial charge in [-0.3, -0.25) is 0 Å². The van der Waals surface area contributed by atoms with E-state index in [0.29, 0.717) is 12.0 Å². The summed E-state index contributed by atoms with van der Waals surface area (Å²) >= 11 is 0. The van der Waals surface area contributed by atoms with E-state index in [9.17, 15) is 4.79 Å². The molecule has 1 atom stereocenters. The summed E-state index contributed by atoms with van der Waals surface area (Å²) in [5.41, 5.74) is 1.77. The monoisotopic (exact) mass is 293 g/mol. The van der Waals surface area contributed by atoms with Gasteiger partial charge in [-0.05, 0) is 43.4 Å². The fourth-order valence-corrected chi connectivity index (χ4v) is 2.22. The summed E-state index contributed by atoms with van der Waals surface area (Å²) in [4.78, 5) is 11.9. The van der Waals surface area contributed by atoms with Gasteiger partial charge in [-0.15, -0.1) is 0 Å². The lowest BCUT2D eigenvalue weighted by Crippen LogP contribution is -2.16. The van der Waals surface area contributed by atoms with Crippen molar-refractivity contribution < 1.29 is 9.53 Å². The van der Waals surface area contributed by atoms with E-state index in [0.717, 1.165) is 19.3 Å². The molecule has 0 aliphatic heterocycles. The lowest BCUT2D eigenvalue weighted by Gasteiger charge is -2.11. The molecular formula is C19H19NO2. The molecule has 3 heteroatoms. The second kappa shape index (κ2) is 8.63. The number of hydrogen-bond donors (Lipinski definition) is 0. The lowest BCUT2D eigenvalue weighted by molar-refractivity contribution is 0.0389. The van der Waals surface area contributed by atoms with Crippen LogP contribution in [0.5, 0.6) is 0 Å². The van der Waals surface area contributed by atoms with Crippen LogP contribution in [0.15, 0.2) is 60.7 Å². The van der Waals surface area contributed by atoms with E-state index in [-0.39, 0.29) is 0 Å². The summed E-state index contributed by atoms with van der Waals surface area (Å²) in [6.45, 7) is 0. The molecule has 0 saturated heterocycles. The number of aryl methyl sites for hydroxylation is 1. The van der Waals surface area contributed by atoms with Gasteiger partial charge in [0.1, 0.15) is 6.07 Å². The average Bonchev–Trinajstić information content (AvgIpc) is 2.59. The largest absolute Gasteiger partial charge is 0.443 e. The van der Waals surface area contributed by atoms with Gasteiger partial charge < -0.3 is 4.74 Å². The van der Waals surface area contributed by atoms with Crippen molar-refractivity contribution in [3.8, 4) is 6.07 Å². The predicted octanol–water partition coefficient (Wildman–Crippen LogP) is 4.15. The molecule has 1 unspecified atom stereocenters. The Bertz CT molecular complexity index is 617. The number of carbonyl (C=O) groups is 1. The summed E-state index contributed by atoms with van der Waals surface area (Å²) in [6, 6.07) is 21.1. The van der Waals surface area contributed by atoms with Crippen molar-refractivity contribution in [1.82, 2.24) is 0 Å². The first-order valence-electron chi connectivity index (χ1n) is 7.49. The first-order chi connectivity index (χ1) is 10.8. The zero-order valence-electron chi connectivity index (χ0n) is 12.4. The Hall–Kier alpha value is -2.60. The van der Waals surface area contributed by atoms with Crippen LogP contribution in [0.3, 0.4) is 0 Å². The summed E-state index contributed by atoms with van der Waals surface area (Å²) in [5.74, 6) is -0.435. The topological polar surface area (TPSA) is 50.1 Å². The third kappa shape index (κ3) is 5.06. The van der Waals surface area contributed by atoms with Gasteiger partial charge in [0.15, 0.2) is 6.10 Å². The normalized spacial score (nSPS) is 11.4. The molecule has 0 amide bonds. The molecule has 2 aromatic rings. The predicted molar refractivity (Wildman–Crippen MR) is 85.3 cm³/mol. The maximum Gasteiger partial charge on any atom is 0.339 e. The highest BCUT2D eigenvalue weighted by Gasteiger charge is 2.14. The molecule has 0 aromatic heterocycles. The Morgan fingerprint density at radius 2 is 1.64 bits per heavy atom. The molecule has 2 rings (SSSR count). The fourth-order valence-electron chi connectivity index (χ4n) is 2.22. The molecule has 0 bridgehead atoms. The van der Waals surface area contributed by atoms with Crippen LogP contribution in [-0.4, -0.2) is 12.1 Å². The Morgan fingerprint density at radius 1 is 1.00 bits per heavy atom. The molecule has 0 N–H and O–H groups in total. The van der Waals surface area contributed by atoms with Crippen LogP contribution < -0.4 is 0 Å². The lowest BCUT2D eigenvalue weighted by atomic mass is 10.1. The first kappa shape index (κ1) is 15.8. The van der Waals surface area contributed by atoms with Crippen molar-refractivity contribution >= 4 is 5.97 Å².